The number of carbonyl (C=O) groups excluding carboxylic acids is 2. The lowest BCUT2D eigenvalue weighted by molar-refractivity contribution is -0.140. The van der Waals surface area contributed by atoms with Crippen LogP contribution in [0.2, 0.25) is 0 Å². The molecule has 1 amide bonds. The highest BCUT2D eigenvalue weighted by Gasteiger charge is 2.11. The summed E-state index contributed by atoms with van der Waals surface area (Å²) >= 11 is 0. The van der Waals surface area contributed by atoms with E-state index in [1.165, 1.54) is 7.11 Å². The van der Waals surface area contributed by atoms with Crippen LogP contribution in [0.1, 0.15) is 28.2 Å². The molecule has 0 radical (unpaired) electrons. The molecule has 0 saturated carbocycles. The maximum Gasteiger partial charge on any atom is 0.307 e. The Morgan fingerprint density at radius 3 is 2.71 bits per heavy atom. The SMILES string of the molecule is COC(=O)CCNC(=O)c1cc(C)nnc1C. The van der Waals surface area contributed by atoms with E-state index >= 15 is 0 Å². The number of nitrogens with one attached hydrogen (secondary N) is 1. The molecule has 0 aromatic carbocycles. The fourth-order valence-electron chi connectivity index (χ4n) is 1.26. The molecule has 1 heterocycles. The van der Waals surface area contributed by atoms with Gasteiger partial charge in [-0.05, 0) is 19.9 Å². The lowest BCUT2D eigenvalue weighted by atomic mass is 10.2. The van der Waals surface area contributed by atoms with Gasteiger partial charge in [-0.25, -0.2) is 0 Å². The van der Waals surface area contributed by atoms with Crippen LogP contribution in [-0.4, -0.2) is 35.7 Å². The van der Waals surface area contributed by atoms with E-state index in [1.54, 1.807) is 19.9 Å². The van der Waals surface area contributed by atoms with Gasteiger partial charge in [-0.3, -0.25) is 9.59 Å². The van der Waals surface area contributed by atoms with Crippen LogP contribution in [0.25, 0.3) is 0 Å². The van der Waals surface area contributed by atoms with E-state index in [0.717, 1.165) is 0 Å². The van der Waals surface area contributed by atoms with Crippen molar-refractivity contribution < 1.29 is 14.3 Å². The van der Waals surface area contributed by atoms with Gasteiger partial charge in [-0.1, -0.05) is 0 Å². The molecule has 0 spiro atoms. The lowest BCUT2D eigenvalue weighted by Crippen LogP contribution is -2.27. The number of aromatic nitrogens is 2. The van der Waals surface area contributed by atoms with E-state index in [4.69, 9.17) is 0 Å². The minimum atomic E-state index is -0.356. The summed E-state index contributed by atoms with van der Waals surface area (Å²) in [7, 11) is 1.31. The molecular formula is C11H15N3O3. The van der Waals surface area contributed by atoms with E-state index in [2.05, 4.69) is 20.3 Å². The molecule has 0 aliphatic carbocycles. The minimum Gasteiger partial charge on any atom is -0.469 e. The monoisotopic (exact) mass is 237 g/mol. The zero-order valence-electron chi connectivity index (χ0n) is 10.1. The van der Waals surface area contributed by atoms with Gasteiger partial charge in [0.2, 0.25) is 0 Å². The first-order chi connectivity index (χ1) is 8.04. The van der Waals surface area contributed by atoms with Crippen molar-refractivity contribution in [3.63, 3.8) is 0 Å². The number of ether oxygens (including phenoxy) is 1. The van der Waals surface area contributed by atoms with E-state index in [9.17, 15) is 9.59 Å². The van der Waals surface area contributed by atoms with Crippen LogP contribution in [0.15, 0.2) is 6.07 Å². The van der Waals surface area contributed by atoms with Gasteiger partial charge in [-0.2, -0.15) is 10.2 Å². The second-order valence-electron chi connectivity index (χ2n) is 3.57. The van der Waals surface area contributed by atoms with Gasteiger partial charge in [0.1, 0.15) is 0 Å². The second-order valence-corrected chi connectivity index (χ2v) is 3.57. The Kier molecular flexibility index (Phi) is 4.56. The molecule has 0 fully saturated rings. The summed E-state index contributed by atoms with van der Waals surface area (Å²) in [5.74, 6) is -0.615. The number of aryl methyl sites for hydroxylation is 2. The zero-order valence-corrected chi connectivity index (χ0v) is 10.1. The lowest BCUT2D eigenvalue weighted by Gasteiger charge is -2.06. The maximum atomic E-state index is 11.8. The molecule has 92 valence electrons. The Balaban J connectivity index is 2.58. The number of hydrogen-bond donors (Lipinski definition) is 1. The number of rotatable bonds is 4. The van der Waals surface area contributed by atoms with Crippen molar-refractivity contribution in [3.05, 3.63) is 23.0 Å². The molecule has 1 rings (SSSR count). The Bertz CT molecular complexity index is 432. The average molecular weight is 237 g/mol. The number of methoxy groups -OCH3 is 1. The Morgan fingerprint density at radius 2 is 2.06 bits per heavy atom. The largest absolute Gasteiger partial charge is 0.469 e. The summed E-state index contributed by atoms with van der Waals surface area (Å²) in [6.45, 7) is 3.71. The minimum absolute atomic E-state index is 0.152. The summed E-state index contributed by atoms with van der Waals surface area (Å²) < 4.78 is 4.47. The summed E-state index contributed by atoms with van der Waals surface area (Å²) in [5.41, 5.74) is 1.71. The quantitative estimate of drug-likeness (QED) is 0.766. The molecule has 0 aliphatic heterocycles. The molecule has 1 aromatic heterocycles. The van der Waals surface area contributed by atoms with E-state index < -0.39 is 0 Å². The van der Waals surface area contributed by atoms with Crippen molar-refractivity contribution in [1.82, 2.24) is 15.5 Å². The van der Waals surface area contributed by atoms with Crippen LogP contribution in [-0.2, 0) is 9.53 Å². The van der Waals surface area contributed by atoms with Gasteiger partial charge < -0.3 is 10.1 Å². The van der Waals surface area contributed by atoms with Crippen molar-refractivity contribution in [2.75, 3.05) is 13.7 Å². The zero-order chi connectivity index (χ0) is 12.8. The Labute approximate surface area is 99.4 Å². The smallest absolute Gasteiger partial charge is 0.307 e. The molecule has 6 nitrogen and oxygen atoms in total. The van der Waals surface area contributed by atoms with Crippen molar-refractivity contribution in [2.24, 2.45) is 0 Å². The van der Waals surface area contributed by atoms with Crippen LogP contribution in [0.4, 0.5) is 0 Å². The highest BCUT2D eigenvalue weighted by molar-refractivity contribution is 5.95. The van der Waals surface area contributed by atoms with Gasteiger partial charge in [-0.15, -0.1) is 0 Å². The number of nitrogens with zero attached hydrogens (tertiary/aromatic N) is 2. The topological polar surface area (TPSA) is 81.2 Å². The van der Waals surface area contributed by atoms with Gasteiger partial charge in [0, 0.05) is 6.54 Å². The molecule has 0 unspecified atom stereocenters. The molecule has 0 saturated heterocycles. The normalized spacial score (nSPS) is 9.82. The predicted molar refractivity (Wildman–Crippen MR) is 60.5 cm³/mol. The Hall–Kier alpha value is -1.98. The van der Waals surface area contributed by atoms with Crippen molar-refractivity contribution in [3.8, 4) is 0 Å². The second kappa shape index (κ2) is 5.93. The van der Waals surface area contributed by atoms with Gasteiger partial charge >= 0.3 is 5.97 Å². The molecule has 0 aliphatic rings. The van der Waals surface area contributed by atoms with E-state index in [1.807, 2.05) is 0 Å². The van der Waals surface area contributed by atoms with E-state index in [-0.39, 0.29) is 24.8 Å². The third-order valence-corrected chi connectivity index (χ3v) is 2.19. The molecule has 17 heavy (non-hydrogen) atoms. The third kappa shape index (κ3) is 3.82. The predicted octanol–water partition coefficient (Wildman–Crippen LogP) is 0.386. The molecule has 1 N–H and O–H groups in total. The summed E-state index contributed by atoms with van der Waals surface area (Å²) in [6, 6.07) is 1.66. The first kappa shape index (κ1) is 13.1. The number of hydrogen-bond acceptors (Lipinski definition) is 5. The van der Waals surface area contributed by atoms with Crippen LogP contribution in [0.3, 0.4) is 0 Å². The summed E-state index contributed by atoms with van der Waals surface area (Å²) in [6.07, 6.45) is 0.152. The number of carbonyl (C=O) groups is 2. The van der Waals surface area contributed by atoms with Crippen molar-refractivity contribution in [2.45, 2.75) is 20.3 Å². The number of amides is 1. The average Bonchev–Trinajstić information content (AvgIpc) is 2.31. The third-order valence-electron chi connectivity index (χ3n) is 2.19. The molecule has 6 heteroatoms. The first-order valence-electron chi connectivity index (χ1n) is 5.20. The maximum absolute atomic E-state index is 11.8. The molecule has 1 aromatic rings. The fraction of sp³-hybridized carbons (Fsp3) is 0.455. The number of esters is 1. The highest BCUT2D eigenvalue weighted by atomic mass is 16.5. The van der Waals surface area contributed by atoms with Crippen LogP contribution in [0.5, 0.6) is 0 Å². The van der Waals surface area contributed by atoms with Crippen molar-refractivity contribution >= 4 is 11.9 Å². The van der Waals surface area contributed by atoms with Crippen molar-refractivity contribution in [1.29, 1.82) is 0 Å². The summed E-state index contributed by atoms with van der Waals surface area (Å²) in [4.78, 5) is 22.6. The summed E-state index contributed by atoms with van der Waals surface area (Å²) in [5, 5.41) is 10.3. The standard InChI is InChI=1S/C11H15N3O3/c1-7-6-9(8(2)14-13-7)11(16)12-5-4-10(15)17-3/h6H,4-5H2,1-3H3,(H,12,16). The molecular weight excluding hydrogens is 222 g/mol. The van der Waals surface area contributed by atoms with Crippen LogP contribution in [0, 0.1) is 13.8 Å². The Morgan fingerprint density at radius 1 is 1.35 bits per heavy atom. The van der Waals surface area contributed by atoms with Gasteiger partial charge in [0.15, 0.2) is 0 Å². The van der Waals surface area contributed by atoms with Crippen LogP contribution >= 0.6 is 0 Å². The van der Waals surface area contributed by atoms with E-state index in [0.29, 0.717) is 17.0 Å². The molecule has 0 bridgehead atoms. The first-order valence-corrected chi connectivity index (χ1v) is 5.20. The highest BCUT2D eigenvalue weighted by Crippen LogP contribution is 2.04. The molecule has 0 atom stereocenters. The van der Waals surface area contributed by atoms with Gasteiger partial charge in [0.05, 0.1) is 30.5 Å². The fourth-order valence-corrected chi connectivity index (χ4v) is 1.26. The van der Waals surface area contributed by atoms with Gasteiger partial charge in [0.25, 0.3) is 5.91 Å². The van der Waals surface area contributed by atoms with Crippen LogP contribution < -0.4 is 5.32 Å².